The van der Waals surface area contributed by atoms with E-state index in [1.807, 2.05) is 7.05 Å². The molecule has 0 radical (unpaired) electrons. The first-order valence-electron chi connectivity index (χ1n) is 7.91. The van der Waals surface area contributed by atoms with Crippen LogP contribution in [0.4, 0.5) is 4.39 Å². The zero-order valence-corrected chi connectivity index (χ0v) is 13.5. The molecular formula is C17H24ClFN2. The Morgan fingerprint density at radius 2 is 2.00 bits per heavy atom. The van der Waals surface area contributed by atoms with Crippen LogP contribution < -0.4 is 5.32 Å². The second-order valence-electron chi connectivity index (χ2n) is 6.62. The summed E-state index contributed by atoms with van der Waals surface area (Å²) in [6.45, 7) is 0. The van der Waals surface area contributed by atoms with E-state index in [9.17, 15) is 4.39 Å². The summed E-state index contributed by atoms with van der Waals surface area (Å²) in [5, 5.41) is 4.04. The number of likely N-dealkylation sites (N-methyl/N-ethyl adjacent to an activating group) is 1. The summed E-state index contributed by atoms with van der Waals surface area (Å²) in [5.41, 5.74) is 0.730. The van der Waals surface area contributed by atoms with Crippen LogP contribution in [0.25, 0.3) is 0 Å². The van der Waals surface area contributed by atoms with E-state index in [-0.39, 0.29) is 5.82 Å². The van der Waals surface area contributed by atoms with E-state index in [1.54, 1.807) is 12.1 Å². The van der Waals surface area contributed by atoms with Crippen LogP contribution in [0.5, 0.6) is 0 Å². The Balaban J connectivity index is 1.72. The van der Waals surface area contributed by atoms with Gasteiger partial charge < -0.3 is 10.2 Å². The van der Waals surface area contributed by atoms with E-state index in [4.69, 9.17) is 11.6 Å². The molecule has 2 nitrogen and oxygen atoms in total. The number of nitrogens with one attached hydrogen (secondary N) is 1. The van der Waals surface area contributed by atoms with Gasteiger partial charge in [-0.2, -0.15) is 0 Å². The normalized spacial score (nSPS) is 30.6. The largest absolute Gasteiger partial charge is 0.316 e. The fourth-order valence-corrected chi connectivity index (χ4v) is 4.42. The molecule has 4 heteroatoms. The average Bonchev–Trinajstić information content (AvgIpc) is 2.69. The van der Waals surface area contributed by atoms with Crippen LogP contribution in [0.2, 0.25) is 5.02 Å². The fraction of sp³-hybridized carbons (Fsp3) is 0.647. The number of benzene rings is 1. The topological polar surface area (TPSA) is 15.3 Å². The van der Waals surface area contributed by atoms with Gasteiger partial charge in [-0.25, -0.2) is 4.39 Å². The van der Waals surface area contributed by atoms with Crippen molar-refractivity contribution in [2.45, 2.75) is 50.2 Å². The van der Waals surface area contributed by atoms with E-state index in [2.05, 4.69) is 17.3 Å². The zero-order chi connectivity index (χ0) is 15.0. The third-order valence-corrected chi connectivity index (χ3v) is 5.76. The molecule has 0 saturated carbocycles. The highest BCUT2D eigenvalue weighted by molar-refractivity contribution is 6.30. The monoisotopic (exact) mass is 310 g/mol. The minimum atomic E-state index is -0.143. The molecule has 2 aliphatic heterocycles. The number of rotatable bonds is 4. The van der Waals surface area contributed by atoms with Crippen LogP contribution >= 0.6 is 11.6 Å². The van der Waals surface area contributed by atoms with Gasteiger partial charge in [-0.05, 0) is 75.9 Å². The number of piperidine rings is 1. The Labute approximate surface area is 131 Å². The Morgan fingerprint density at radius 1 is 1.33 bits per heavy atom. The summed E-state index contributed by atoms with van der Waals surface area (Å²) < 4.78 is 14.0. The summed E-state index contributed by atoms with van der Waals surface area (Å²) in [7, 11) is 4.25. The van der Waals surface area contributed by atoms with Crippen molar-refractivity contribution >= 4 is 11.6 Å². The Kier molecular flexibility index (Phi) is 4.53. The zero-order valence-electron chi connectivity index (χ0n) is 12.8. The van der Waals surface area contributed by atoms with Gasteiger partial charge >= 0.3 is 0 Å². The lowest BCUT2D eigenvalue weighted by atomic mass is 9.82. The first-order chi connectivity index (χ1) is 10.1. The van der Waals surface area contributed by atoms with Gasteiger partial charge in [0, 0.05) is 23.1 Å². The predicted octanol–water partition coefficient (Wildman–Crippen LogP) is 3.48. The number of hydrogen-bond donors (Lipinski definition) is 1. The number of fused-ring (bicyclic) bond motifs is 2. The summed E-state index contributed by atoms with van der Waals surface area (Å²) in [6.07, 6.45) is 5.80. The molecule has 0 aliphatic carbocycles. The second kappa shape index (κ2) is 6.23. The van der Waals surface area contributed by atoms with E-state index in [1.165, 1.54) is 31.7 Å². The van der Waals surface area contributed by atoms with Crippen molar-refractivity contribution in [3.05, 3.63) is 34.6 Å². The maximum atomic E-state index is 14.0. The van der Waals surface area contributed by atoms with Crippen molar-refractivity contribution in [3.63, 3.8) is 0 Å². The van der Waals surface area contributed by atoms with Gasteiger partial charge in [0.15, 0.2) is 0 Å². The van der Waals surface area contributed by atoms with Crippen LogP contribution in [-0.4, -0.2) is 37.1 Å². The average molecular weight is 311 g/mol. The van der Waals surface area contributed by atoms with E-state index < -0.39 is 0 Å². The highest BCUT2D eigenvalue weighted by Crippen LogP contribution is 2.39. The van der Waals surface area contributed by atoms with Crippen LogP contribution in [0, 0.1) is 11.7 Å². The van der Waals surface area contributed by atoms with Crippen molar-refractivity contribution in [2.75, 3.05) is 14.1 Å². The minimum Gasteiger partial charge on any atom is -0.316 e. The molecule has 1 aromatic carbocycles. The molecular weight excluding hydrogens is 287 g/mol. The highest BCUT2D eigenvalue weighted by atomic mass is 35.5. The van der Waals surface area contributed by atoms with E-state index in [0.717, 1.165) is 12.0 Å². The highest BCUT2D eigenvalue weighted by Gasteiger charge is 2.40. The van der Waals surface area contributed by atoms with Gasteiger partial charge in [-0.15, -0.1) is 0 Å². The first-order valence-corrected chi connectivity index (χ1v) is 8.29. The Morgan fingerprint density at radius 3 is 2.62 bits per heavy atom. The lowest BCUT2D eigenvalue weighted by molar-refractivity contribution is 0.114. The van der Waals surface area contributed by atoms with Gasteiger partial charge in [0.2, 0.25) is 0 Å². The summed E-state index contributed by atoms with van der Waals surface area (Å²) in [5.74, 6) is 0.484. The second-order valence-corrected chi connectivity index (χ2v) is 7.05. The van der Waals surface area contributed by atoms with Crippen molar-refractivity contribution in [2.24, 2.45) is 5.92 Å². The molecule has 3 rings (SSSR count). The summed E-state index contributed by atoms with van der Waals surface area (Å²) in [6, 6.07) is 6.62. The van der Waals surface area contributed by atoms with Crippen molar-refractivity contribution in [3.8, 4) is 0 Å². The molecule has 0 aromatic heterocycles. The molecule has 3 atom stereocenters. The number of nitrogens with zero attached hydrogens (tertiary/aromatic N) is 1. The standard InChI is InChI=1S/C17H24ClFN2/c1-20-17(10-11-7-13(18)3-6-16(11)19)12-8-14-4-5-15(9-12)21(14)2/h3,6-7,12,14-15,17,20H,4-5,8-10H2,1-2H3. The molecule has 1 aromatic rings. The van der Waals surface area contributed by atoms with Crippen LogP contribution in [0.3, 0.4) is 0 Å². The quantitative estimate of drug-likeness (QED) is 0.916. The first kappa shape index (κ1) is 15.3. The number of halogens is 2. The maximum absolute atomic E-state index is 14.0. The molecule has 0 spiro atoms. The SMILES string of the molecule is CNC(Cc1cc(Cl)ccc1F)C1CC2CCC(C1)N2C. The summed E-state index contributed by atoms with van der Waals surface area (Å²) in [4.78, 5) is 2.54. The molecule has 116 valence electrons. The molecule has 1 N–H and O–H groups in total. The fourth-order valence-electron chi connectivity index (χ4n) is 4.22. The summed E-state index contributed by atoms with van der Waals surface area (Å²) >= 11 is 6.01. The Hall–Kier alpha value is -0.640. The van der Waals surface area contributed by atoms with Crippen molar-refractivity contribution in [1.82, 2.24) is 10.2 Å². The molecule has 3 unspecified atom stereocenters. The van der Waals surface area contributed by atoms with E-state index in [0.29, 0.717) is 29.1 Å². The smallest absolute Gasteiger partial charge is 0.126 e. The van der Waals surface area contributed by atoms with Gasteiger partial charge in [-0.3, -0.25) is 0 Å². The van der Waals surface area contributed by atoms with Gasteiger partial charge in [0.25, 0.3) is 0 Å². The minimum absolute atomic E-state index is 0.143. The molecule has 2 heterocycles. The maximum Gasteiger partial charge on any atom is 0.126 e. The molecule has 21 heavy (non-hydrogen) atoms. The molecule has 0 amide bonds. The lowest BCUT2D eigenvalue weighted by Crippen LogP contribution is -2.47. The molecule has 2 aliphatic rings. The van der Waals surface area contributed by atoms with Gasteiger partial charge in [-0.1, -0.05) is 11.6 Å². The lowest BCUT2D eigenvalue weighted by Gasteiger charge is -2.40. The molecule has 2 saturated heterocycles. The predicted molar refractivity (Wildman–Crippen MR) is 85.3 cm³/mol. The van der Waals surface area contributed by atoms with Gasteiger partial charge in [0.05, 0.1) is 0 Å². The van der Waals surface area contributed by atoms with Crippen LogP contribution in [0.15, 0.2) is 18.2 Å². The van der Waals surface area contributed by atoms with Crippen LogP contribution in [0.1, 0.15) is 31.2 Å². The Bertz CT molecular complexity index is 494. The third kappa shape index (κ3) is 3.10. The van der Waals surface area contributed by atoms with E-state index >= 15 is 0 Å². The molecule has 2 fully saturated rings. The molecule has 2 bridgehead atoms. The van der Waals surface area contributed by atoms with Crippen molar-refractivity contribution < 1.29 is 4.39 Å². The van der Waals surface area contributed by atoms with Gasteiger partial charge in [0.1, 0.15) is 5.82 Å². The number of hydrogen-bond acceptors (Lipinski definition) is 2. The third-order valence-electron chi connectivity index (χ3n) is 5.52. The van der Waals surface area contributed by atoms with Crippen molar-refractivity contribution in [1.29, 1.82) is 0 Å². The van der Waals surface area contributed by atoms with Crippen LogP contribution in [-0.2, 0) is 6.42 Å².